The van der Waals surface area contributed by atoms with Crippen molar-refractivity contribution in [2.75, 3.05) is 17.7 Å². The number of aryl methyl sites for hydroxylation is 2. The van der Waals surface area contributed by atoms with Crippen molar-refractivity contribution in [3.63, 3.8) is 0 Å². The number of amides is 1. The maximum atomic E-state index is 14.2. The molecule has 0 saturated carbocycles. The van der Waals surface area contributed by atoms with E-state index in [1.165, 1.54) is 25.6 Å². The van der Waals surface area contributed by atoms with Crippen molar-refractivity contribution in [2.45, 2.75) is 33.4 Å². The van der Waals surface area contributed by atoms with E-state index in [1.54, 1.807) is 22.9 Å². The molecule has 3 aromatic carbocycles. The number of benzene rings is 3. The van der Waals surface area contributed by atoms with Gasteiger partial charge in [-0.2, -0.15) is 10.1 Å². The Bertz CT molecular complexity index is 1580. The van der Waals surface area contributed by atoms with Gasteiger partial charge < -0.3 is 20.1 Å². The molecule has 5 rings (SSSR count). The summed E-state index contributed by atoms with van der Waals surface area (Å²) < 4.78 is 27.4. The molecule has 1 amide bonds. The third-order valence-electron chi connectivity index (χ3n) is 6.61. The lowest BCUT2D eigenvalue weighted by atomic mass is 9.94. The first-order valence-corrected chi connectivity index (χ1v) is 12.6. The second-order valence-corrected chi connectivity index (χ2v) is 9.67. The highest BCUT2D eigenvalue weighted by atomic mass is 35.5. The van der Waals surface area contributed by atoms with Gasteiger partial charge in [0.15, 0.2) is 11.5 Å². The summed E-state index contributed by atoms with van der Waals surface area (Å²) >= 11 is 6.15. The first-order valence-electron chi connectivity index (χ1n) is 12.3. The standard InChI is InChI=1S/C29H27ClFN5O3/c1-16-8-10-23(17(2)12-16)35-28(37)26-18(3)34-29-32-15-33-36(29)27(26)19-9-11-24(25(13-19)38-4)39-14-20-21(30)6-5-7-22(20)31/h5-13,15,27H,14H2,1-4H3,(H,35,37)(H,32,33,34)/t27-/m0/s1. The van der Waals surface area contributed by atoms with E-state index in [0.717, 1.165) is 22.4 Å². The van der Waals surface area contributed by atoms with Crippen LogP contribution in [0, 0.1) is 19.7 Å². The maximum absolute atomic E-state index is 14.2. The van der Waals surface area contributed by atoms with Gasteiger partial charge >= 0.3 is 0 Å². The Morgan fingerprint density at radius 1 is 1.13 bits per heavy atom. The van der Waals surface area contributed by atoms with Crippen molar-refractivity contribution < 1.29 is 18.7 Å². The quantitative estimate of drug-likeness (QED) is 0.286. The molecule has 200 valence electrons. The summed E-state index contributed by atoms with van der Waals surface area (Å²) in [7, 11) is 1.51. The van der Waals surface area contributed by atoms with Crippen molar-refractivity contribution in [2.24, 2.45) is 0 Å². The highest BCUT2D eigenvalue weighted by molar-refractivity contribution is 6.31. The fourth-order valence-corrected chi connectivity index (χ4v) is 4.85. The van der Waals surface area contributed by atoms with Crippen LogP contribution in [0.5, 0.6) is 11.5 Å². The smallest absolute Gasteiger partial charge is 0.255 e. The number of allylic oxidation sites excluding steroid dienone is 1. The average Bonchev–Trinajstić information content (AvgIpc) is 3.37. The summed E-state index contributed by atoms with van der Waals surface area (Å²) in [5, 5.41) is 10.9. The van der Waals surface area contributed by atoms with Crippen LogP contribution in [-0.4, -0.2) is 27.8 Å². The van der Waals surface area contributed by atoms with Crippen molar-refractivity contribution in [3.8, 4) is 11.5 Å². The topological polar surface area (TPSA) is 90.3 Å². The summed E-state index contributed by atoms with van der Waals surface area (Å²) in [6.45, 7) is 5.71. The van der Waals surface area contributed by atoms with Crippen molar-refractivity contribution in [1.82, 2.24) is 14.8 Å². The van der Waals surface area contributed by atoms with E-state index in [4.69, 9.17) is 21.1 Å². The number of methoxy groups -OCH3 is 1. The Hall–Kier alpha value is -4.37. The first kappa shape index (κ1) is 26.2. The molecule has 0 radical (unpaired) electrons. The van der Waals surface area contributed by atoms with Gasteiger partial charge in [-0.15, -0.1) is 0 Å². The van der Waals surface area contributed by atoms with E-state index in [9.17, 15) is 9.18 Å². The Labute approximate surface area is 230 Å². The maximum Gasteiger partial charge on any atom is 0.255 e. The Morgan fingerprint density at radius 3 is 2.69 bits per heavy atom. The number of hydrogen-bond donors (Lipinski definition) is 2. The molecule has 0 fully saturated rings. The fourth-order valence-electron chi connectivity index (χ4n) is 4.63. The number of nitrogens with zero attached hydrogens (tertiary/aromatic N) is 3. The van der Waals surface area contributed by atoms with Crippen LogP contribution in [-0.2, 0) is 11.4 Å². The zero-order valence-electron chi connectivity index (χ0n) is 21.9. The third kappa shape index (κ3) is 5.18. The van der Waals surface area contributed by atoms with Crippen molar-refractivity contribution >= 4 is 29.1 Å². The molecule has 1 aromatic heterocycles. The molecule has 1 aliphatic heterocycles. The lowest BCUT2D eigenvalue weighted by Crippen LogP contribution is -2.31. The number of hydrogen-bond acceptors (Lipinski definition) is 6. The van der Waals surface area contributed by atoms with Crippen LogP contribution < -0.4 is 20.1 Å². The summed E-state index contributed by atoms with van der Waals surface area (Å²) in [4.78, 5) is 18.0. The number of rotatable bonds is 7. The van der Waals surface area contributed by atoms with Crippen LogP contribution in [0.3, 0.4) is 0 Å². The van der Waals surface area contributed by atoms with Crippen LogP contribution in [0.2, 0.25) is 5.02 Å². The molecular formula is C29H27ClFN5O3. The number of halogens is 2. The molecule has 39 heavy (non-hydrogen) atoms. The Kier molecular flexibility index (Phi) is 7.26. The minimum atomic E-state index is -0.599. The van der Waals surface area contributed by atoms with Crippen LogP contribution in [0.25, 0.3) is 0 Å². The zero-order chi connectivity index (χ0) is 27.7. The van der Waals surface area contributed by atoms with Crippen LogP contribution in [0.1, 0.15) is 35.2 Å². The van der Waals surface area contributed by atoms with Gasteiger partial charge in [0.05, 0.1) is 17.7 Å². The van der Waals surface area contributed by atoms with Gasteiger partial charge in [-0.25, -0.2) is 9.07 Å². The number of anilines is 2. The van der Waals surface area contributed by atoms with Gasteiger partial charge in [0, 0.05) is 16.9 Å². The van der Waals surface area contributed by atoms with Gasteiger partial charge in [-0.3, -0.25) is 4.79 Å². The van der Waals surface area contributed by atoms with Gasteiger partial charge in [0.1, 0.15) is 24.8 Å². The number of nitrogens with one attached hydrogen (secondary N) is 2. The first-order chi connectivity index (χ1) is 18.8. The summed E-state index contributed by atoms with van der Waals surface area (Å²) in [6.07, 6.45) is 1.43. The van der Waals surface area contributed by atoms with E-state index >= 15 is 0 Å². The molecule has 0 unspecified atom stereocenters. The second-order valence-electron chi connectivity index (χ2n) is 9.27. The largest absolute Gasteiger partial charge is 0.493 e. The molecule has 2 N–H and O–H groups in total. The number of ether oxygens (including phenoxy) is 2. The normalized spacial score (nSPS) is 14.5. The van der Waals surface area contributed by atoms with E-state index < -0.39 is 11.9 Å². The molecule has 0 aliphatic carbocycles. The molecule has 0 spiro atoms. The van der Waals surface area contributed by atoms with E-state index in [1.807, 2.05) is 45.0 Å². The SMILES string of the molecule is COc1cc([C@H]2C(C(=O)Nc3ccc(C)cc3C)=C(C)Nc3ncnn32)ccc1OCc1c(F)cccc1Cl. The molecular weight excluding hydrogens is 521 g/mol. The van der Waals surface area contributed by atoms with Crippen LogP contribution in [0.15, 0.2) is 72.2 Å². The Balaban J connectivity index is 1.49. The van der Waals surface area contributed by atoms with Gasteiger partial charge in [-0.05, 0) is 62.2 Å². The van der Waals surface area contributed by atoms with Crippen LogP contribution in [0.4, 0.5) is 16.0 Å². The van der Waals surface area contributed by atoms with E-state index in [2.05, 4.69) is 20.7 Å². The molecule has 10 heteroatoms. The van der Waals surface area contributed by atoms with Gasteiger partial charge in [-0.1, -0.05) is 41.4 Å². The molecule has 8 nitrogen and oxygen atoms in total. The highest BCUT2D eigenvalue weighted by Crippen LogP contribution is 2.39. The van der Waals surface area contributed by atoms with E-state index in [0.29, 0.717) is 28.7 Å². The predicted octanol–water partition coefficient (Wildman–Crippen LogP) is 6.20. The summed E-state index contributed by atoms with van der Waals surface area (Å²) in [5.74, 6) is 0.592. The number of fused-ring (bicyclic) bond motifs is 1. The third-order valence-corrected chi connectivity index (χ3v) is 6.96. The van der Waals surface area contributed by atoms with Crippen LogP contribution >= 0.6 is 11.6 Å². The van der Waals surface area contributed by atoms with Crippen molar-refractivity contribution in [1.29, 1.82) is 0 Å². The Morgan fingerprint density at radius 2 is 1.95 bits per heavy atom. The predicted molar refractivity (Wildman–Crippen MR) is 148 cm³/mol. The average molecular weight is 548 g/mol. The molecule has 2 heterocycles. The monoisotopic (exact) mass is 547 g/mol. The molecule has 0 saturated heterocycles. The number of carbonyl (C=O) groups excluding carboxylic acids is 1. The molecule has 1 aliphatic rings. The van der Waals surface area contributed by atoms with Gasteiger partial charge in [0.2, 0.25) is 5.95 Å². The number of aromatic nitrogens is 3. The number of carbonyl (C=O) groups is 1. The molecule has 0 bridgehead atoms. The molecule has 4 aromatic rings. The van der Waals surface area contributed by atoms with E-state index in [-0.39, 0.29) is 23.1 Å². The zero-order valence-corrected chi connectivity index (χ0v) is 22.6. The second kappa shape index (κ2) is 10.8. The lowest BCUT2D eigenvalue weighted by Gasteiger charge is -2.29. The minimum absolute atomic E-state index is 0.0790. The van der Waals surface area contributed by atoms with Crippen molar-refractivity contribution in [3.05, 3.63) is 105 Å². The summed E-state index contributed by atoms with van der Waals surface area (Å²) in [5.41, 5.74) is 4.89. The highest BCUT2D eigenvalue weighted by Gasteiger charge is 2.34. The lowest BCUT2D eigenvalue weighted by molar-refractivity contribution is -0.113. The fraction of sp³-hybridized carbons (Fsp3) is 0.207. The van der Waals surface area contributed by atoms with Gasteiger partial charge in [0.25, 0.3) is 5.91 Å². The molecule has 1 atom stereocenters. The summed E-state index contributed by atoms with van der Waals surface area (Å²) in [6, 6.07) is 15.0. The minimum Gasteiger partial charge on any atom is -0.493 e.